The van der Waals surface area contributed by atoms with E-state index in [9.17, 15) is 18.0 Å². The Morgan fingerprint density at radius 2 is 1.76 bits per heavy atom. The molecule has 1 atom stereocenters. The molecule has 0 saturated carbocycles. The molecule has 0 aliphatic carbocycles. The maximum Gasteiger partial charge on any atom is 0.340 e. The minimum atomic E-state index is -3.98. The van der Waals surface area contributed by atoms with Gasteiger partial charge in [-0.2, -0.15) is 4.31 Å². The van der Waals surface area contributed by atoms with Crippen molar-refractivity contribution in [1.29, 1.82) is 0 Å². The second kappa shape index (κ2) is 9.60. The molecule has 0 N–H and O–H groups in total. The fraction of sp³-hybridized carbons (Fsp3) is 0.364. The van der Waals surface area contributed by atoms with Gasteiger partial charge in [0.25, 0.3) is 5.91 Å². The molecule has 4 rings (SSSR count). The monoisotopic (exact) mass is 512 g/mol. The molecule has 2 aromatic carbocycles. The number of hydrogen-bond acceptors (Lipinski definition) is 6. The number of amides is 1. The van der Waals surface area contributed by atoms with E-state index in [4.69, 9.17) is 32.7 Å². The summed E-state index contributed by atoms with van der Waals surface area (Å²) >= 11 is 12.3. The van der Waals surface area contributed by atoms with E-state index in [1.165, 1.54) is 17.3 Å². The minimum Gasteiger partial charge on any atom is -0.449 e. The molecular formula is C22H22Cl2N2O6S. The quantitative estimate of drug-likeness (QED) is 0.571. The first-order valence-electron chi connectivity index (χ1n) is 10.4. The summed E-state index contributed by atoms with van der Waals surface area (Å²) in [5.74, 6) is -1.29. The zero-order valence-corrected chi connectivity index (χ0v) is 20.1. The normalized spacial score (nSPS) is 17.5. The van der Waals surface area contributed by atoms with Crippen LogP contribution in [0.15, 0.2) is 41.3 Å². The zero-order valence-electron chi connectivity index (χ0n) is 17.8. The highest BCUT2D eigenvalue weighted by atomic mass is 35.5. The molecule has 0 bridgehead atoms. The van der Waals surface area contributed by atoms with E-state index in [0.29, 0.717) is 13.0 Å². The predicted molar refractivity (Wildman–Crippen MR) is 123 cm³/mol. The highest BCUT2D eigenvalue weighted by molar-refractivity contribution is 7.89. The summed E-state index contributed by atoms with van der Waals surface area (Å²) in [6, 6.07) is 9.82. The molecule has 0 spiro atoms. The average molecular weight is 513 g/mol. The van der Waals surface area contributed by atoms with E-state index in [1.54, 1.807) is 4.90 Å². The van der Waals surface area contributed by atoms with Gasteiger partial charge in [-0.1, -0.05) is 41.4 Å². The third kappa shape index (κ3) is 4.74. The number of sulfonamides is 1. The first-order chi connectivity index (χ1) is 15.7. The van der Waals surface area contributed by atoms with Crippen molar-refractivity contribution in [3.8, 4) is 0 Å². The van der Waals surface area contributed by atoms with Gasteiger partial charge in [0, 0.05) is 25.3 Å². The van der Waals surface area contributed by atoms with Crippen LogP contribution in [0.2, 0.25) is 10.0 Å². The number of para-hydroxylation sites is 1. The van der Waals surface area contributed by atoms with Crippen molar-refractivity contribution in [1.82, 2.24) is 4.31 Å². The number of fused-ring (bicyclic) bond motifs is 1. The molecule has 2 aromatic rings. The van der Waals surface area contributed by atoms with E-state index >= 15 is 0 Å². The van der Waals surface area contributed by atoms with Crippen LogP contribution in [0.3, 0.4) is 0 Å². The van der Waals surface area contributed by atoms with Gasteiger partial charge in [-0.25, -0.2) is 13.2 Å². The number of ether oxygens (including phenoxy) is 2. The van der Waals surface area contributed by atoms with Gasteiger partial charge < -0.3 is 14.4 Å². The molecule has 1 fully saturated rings. The summed E-state index contributed by atoms with van der Waals surface area (Å²) < 4.78 is 37.9. The largest absolute Gasteiger partial charge is 0.449 e. The lowest BCUT2D eigenvalue weighted by Gasteiger charge is -2.26. The van der Waals surface area contributed by atoms with Crippen LogP contribution in [0.25, 0.3) is 0 Å². The fourth-order valence-electron chi connectivity index (χ4n) is 3.87. The van der Waals surface area contributed by atoms with Crippen molar-refractivity contribution in [2.75, 3.05) is 37.7 Å². The molecule has 0 radical (unpaired) electrons. The molecular weight excluding hydrogens is 491 g/mol. The molecule has 1 saturated heterocycles. The third-order valence-corrected chi connectivity index (χ3v) is 8.29. The van der Waals surface area contributed by atoms with Crippen molar-refractivity contribution >= 4 is 50.8 Å². The van der Waals surface area contributed by atoms with Crippen LogP contribution in [0.1, 0.15) is 22.8 Å². The third-order valence-electron chi connectivity index (χ3n) is 5.61. The summed E-state index contributed by atoms with van der Waals surface area (Å²) in [5.41, 5.74) is 1.64. The summed E-state index contributed by atoms with van der Waals surface area (Å²) in [6.45, 7) is 2.82. The van der Waals surface area contributed by atoms with Crippen LogP contribution in [0.4, 0.5) is 5.69 Å². The number of esters is 1. The van der Waals surface area contributed by atoms with Gasteiger partial charge in [0.15, 0.2) is 6.10 Å². The van der Waals surface area contributed by atoms with Crippen molar-refractivity contribution in [3.63, 3.8) is 0 Å². The van der Waals surface area contributed by atoms with E-state index in [1.807, 2.05) is 24.3 Å². The maximum absolute atomic E-state index is 13.0. The second-order valence-electron chi connectivity index (χ2n) is 7.70. The van der Waals surface area contributed by atoms with Crippen LogP contribution >= 0.6 is 23.2 Å². The Morgan fingerprint density at radius 1 is 1.06 bits per heavy atom. The van der Waals surface area contributed by atoms with E-state index in [-0.39, 0.29) is 52.7 Å². The van der Waals surface area contributed by atoms with Crippen molar-refractivity contribution in [2.24, 2.45) is 0 Å². The van der Waals surface area contributed by atoms with Gasteiger partial charge in [-0.05, 0) is 37.1 Å². The Hall–Kier alpha value is -2.17. The van der Waals surface area contributed by atoms with Crippen LogP contribution < -0.4 is 4.90 Å². The molecule has 0 unspecified atom stereocenters. The lowest BCUT2D eigenvalue weighted by Crippen LogP contribution is -2.40. The Kier molecular flexibility index (Phi) is 6.97. The standard InChI is InChI=1S/C22H22Cl2N2O6S/c1-14(21(27)26-7-6-15-4-2-3-5-19(15)26)32-22(28)16-12-20(18(24)13-17(16)23)33(29,30)25-8-10-31-11-9-25/h2-5,12-14H,6-11H2,1H3/t14-/m1/s1. The van der Waals surface area contributed by atoms with Gasteiger partial charge in [-0.3, -0.25) is 4.79 Å². The Bertz CT molecular complexity index is 1200. The number of morpholine rings is 1. The van der Waals surface area contributed by atoms with Crippen LogP contribution in [-0.4, -0.2) is 63.6 Å². The summed E-state index contributed by atoms with van der Waals surface area (Å²) in [5, 5.41) is -0.182. The minimum absolute atomic E-state index is 0.0721. The van der Waals surface area contributed by atoms with Crippen molar-refractivity contribution in [2.45, 2.75) is 24.3 Å². The number of carbonyl (C=O) groups is 2. The van der Waals surface area contributed by atoms with Gasteiger partial charge in [-0.15, -0.1) is 0 Å². The fourth-order valence-corrected chi connectivity index (χ4v) is 6.10. The number of halogens is 2. The molecule has 0 aromatic heterocycles. The predicted octanol–water partition coefficient (Wildman–Crippen LogP) is 3.15. The average Bonchev–Trinajstić information content (AvgIpc) is 3.23. The summed E-state index contributed by atoms with van der Waals surface area (Å²) in [6.07, 6.45) is -0.386. The van der Waals surface area contributed by atoms with Gasteiger partial charge in [0.05, 0.1) is 28.8 Å². The van der Waals surface area contributed by atoms with Crippen LogP contribution in [0.5, 0.6) is 0 Å². The van der Waals surface area contributed by atoms with E-state index in [0.717, 1.165) is 17.3 Å². The van der Waals surface area contributed by atoms with Crippen molar-refractivity contribution < 1.29 is 27.5 Å². The summed E-state index contributed by atoms with van der Waals surface area (Å²) in [4.78, 5) is 27.1. The van der Waals surface area contributed by atoms with E-state index < -0.39 is 22.1 Å². The van der Waals surface area contributed by atoms with Crippen LogP contribution in [0, 0.1) is 0 Å². The van der Waals surface area contributed by atoms with Crippen molar-refractivity contribution in [3.05, 3.63) is 57.6 Å². The van der Waals surface area contributed by atoms with E-state index in [2.05, 4.69) is 0 Å². The number of carbonyl (C=O) groups excluding carboxylic acids is 2. The Labute approximate surface area is 202 Å². The maximum atomic E-state index is 13.0. The number of benzene rings is 2. The van der Waals surface area contributed by atoms with Gasteiger partial charge >= 0.3 is 5.97 Å². The number of hydrogen-bond donors (Lipinski definition) is 0. The molecule has 1 amide bonds. The van der Waals surface area contributed by atoms with Crippen LogP contribution in [-0.2, 0) is 30.7 Å². The summed E-state index contributed by atoms with van der Waals surface area (Å²) in [7, 11) is -3.98. The lowest BCUT2D eigenvalue weighted by molar-refractivity contribution is -0.126. The van der Waals surface area contributed by atoms with Gasteiger partial charge in [0.2, 0.25) is 10.0 Å². The second-order valence-corrected chi connectivity index (χ2v) is 10.4. The molecule has 33 heavy (non-hydrogen) atoms. The number of nitrogens with zero attached hydrogens (tertiary/aromatic N) is 2. The molecule has 8 nitrogen and oxygen atoms in total. The molecule has 11 heteroatoms. The highest BCUT2D eigenvalue weighted by Crippen LogP contribution is 2.32. The number of anilines is 1. The molecule has 2 aliphatic heterocycles. The molecule has 2 aliphatic rings. The smallest absolute Gasteiger partial charge is 0.340 e. The highest BCUT2D eigenvalue weighted by Gasteiger charge is 2.33. The first kappa shape index (κ1) is 24.0. The lowest BCUT2D eigenvalue weighted by atomic mass is 10.2. The number of rotatable bonds is 5. The Morgan fingerprint density at radius 3 is 2.48 bits per heavy atom. The SMILES string of the molecule is C[C@@H](OC(=O)c1cc(S(=O)(=O)N2CCOCC2)c(Cl)cc1Cl)C(=O)N1CCc2ccccc21. The zero-order chi connectivity index (χ0) is 23.8. The van der Waals surface area contributed by atoms with Gasteiger partial charge in [0.1, 0.15) is 4.90 Å². The Balaban J connectivity index is 1.55. The molecule has 2 heterocycles. The molecule has 176 valence electrons. The topological polar surface area (TPSA) is 93.2 Å². The first-order valence-corrected chi connectivity index (χ1v) is 12.6.